The van der Waals surface area contributed by atoms with Crippen molar-refractivity contribution in [2.24, 2.45) is 0 Å². The van der Waals surface area contributed by atoms with Gasteiger partial charge in [0.2, 0.25) is 5.78 Å². The van der Waals surface area contributed by atoms with Crippen LogP contribution in [0.25, 0.3) is 0 Å². The van der Waals surface area contributed by atoms with Gasteiger partial charge in [-0.2, -0.15) is 0 Å². The Hall–Kier alpha value is -2.36. The number of fused-ring (bicyclic) bond motifs is 3. The highest BCUT2D eigenvalue weighted by atomic mass is 16.1. The molecule has 0 spiro atoms. The van der Waals surface area contributed by atoms with E-state index >= 15 is 0 Å². The summed E-state index contributed by atoms with van der Waals surface area (Å²) in [5.41, 5.74) is 4.30. The van der Waals surface area contributed by atoms with Crippen molar-refractivity contribution < 1.29 is 9.59 Å². The molecule has 2 aromatic rings. The molecule has 4 rings (SSSR count). The number of nitrogens with zero attached hydrogens (tertiary/aromatic N) is 2. The van der Waals surface area contributed by atoms with E-state index in [9.17, 15) is 9.59 Å². The summed E-state index contributed by atoms with van der Waals surface area (Å²) < 4.78 is 0. The molecule has 0 atom stereocenters. The number of rotatable bonds is 0. The summed E-state index contributed by atoms with van der Waals surface area (Å²) in [6, 6.07) is 3.65. The van der Waals surface area contributed by atoms with Crippen LogP contribution in [0, 0.1) is 6.92 Å². The van der Waals surface area contributed by atoms with Crippen molar-refractivity contribution in [2.45, 2.75) is 32.6 Å². The lowest BCUT2D eigenvalue weighted by Gasteiger charge is -2.21. The number of aryl methyl sites for hydroxylation is 3. The zero-order chi connectivity index (χ0) is 14.6. The average Bonchev–Trinajstić information content (AvgIpc) is 2.51. The molecule has 0 aliphatic heterocycles. The predicted octanol–water partition coefficient (Wildman–Crippen LogP) is 2.44. The maximum atomic E-state index is 12.7. The average molecular weight is 278 g/mol. The van der Waals surface area contributed by atoms with E-state index in [0.717, 1.165) is 42.5 Å². The van der Waals surface area contributed by atoms with Crippen LogP contribution in [0.3, 0.4) is 0 Å². The molecular formula is C17H14N2O2. The van der Waals surface area contributed by atoms with E-state index in [1.54, 1.807) is 12.3 Å². The van der Waals surface area contributed by atoms with Crippen LogP contribution in [0.4, 0.5) is 0 Å². The summed E-state index contributed by atoms with van der Waals surface area (Å²) in [5.74, 6) is -0.345. The van der Waals surface area contributed by atoms with Gasteiger partial charge in [0.1, 0.15) is 11.4 Å². The summed E-state index contributed by atoms with van der Waals surface area (Å²) in [4.78, 5) is 34.0. The van der Waals surface area contributed by atoms with Crippen LogP contribution < -0.4 is 0 Å². The second-order valence-electron chi connectivity index (χ2n) is 5.71. The van der Waals surface area contributed by atoms with E-state index in [1.165, 1.54) is 0 Å². The van der Waals surface area contributed by atoms with Crippen LogP contribution in [-0.2, 0) is 12.8 Å². The van der Waals surface area contributed by atoms with E-state index < -0.39 is 0 Å². The van der Waals surface area contributed by atoms with Gasteiger partial charge in [0, 0.05) is 11.9 Å². The molecule has 0 amide bonds. The fourth-order valence-corrected chi connectivity index (χ4v) is 3.24. The molecule has 2 aliphatic carbocycles. The molecule has 0 bridgehead atoms. The van der Waals surface area contributed by atoms with Crippen molar-refractivity contribution in [1.82, 2.24) is 9.97 Å². The zero-order valence-electron chi connectivity index (χ0n) is 11.8. The van der Waals surface area contributed by atoms with Crippen LogP contribution in [-0.4, -0.2) is 21.5 Å². The molecule has 2 aromatic heterocycles. The Labute approximate surface area is 122 Å². The Bertz CT molecular complexity index is 809. The lowest BCUT2D eigenvalue weighted by atomic mass is 9.85. The fraction of sp³-hybridized carbons (Fsp3) is 0.294. The summed E-state index contributed by atoms with van der Waals surface area (Å²) in [6.07, 6.45) is 5.61. The van der Waals surface area contributed by atoms with Crippen molar-refractivity contribution in [3.63, 3.8) is 0 Å². The molecule has 2 heterocycles. The van der Waals surface area contributed by atoms with E-state index in [2.05, 4.69) is 9.97 Å². The molecule has 104 valence electrons. The van der Waals surface area contributed by atoms with Crippen LogP contribution in [0.1, 0.15) is 61.8 Å². The number of pyridine rings is 2. The molecule has 0 saturated carbocycles. The van der Waals surface area contributed by atoms with Gasteiger partial charge >= 0.3 is 0 Å². The molecular weight excluding hydrogens is 264 g/mol. The maximum absolute atomic E-state index is 12.7. The van der Waals surface area contributed by atoms with Crippen LogP contribution in [0.5, 0.6) is 0 Å². The molecule has 0 N–H and O–H groups in total. The third-order valence-corrected chi connectivity index (χ3v) is 4.36. The number of carbonyl (C=O) groups excluding carboxylic acids is 2. The van der Waals surface area contributed by atoms with E-state index in [1.807, 2.05) is 13.0 Å². The fourth-order valence-electron chi connectivity index (χ4n) is 3.24. The lowest BCUT2D eigenvalue weighted by Crippen LogP contribution is -2.26. The Balaban J connectivity index is 1.99. The molecule has 4 heteroatoms. The van der Waals surface area contributed by atoms with Crippen molar-refractivity contribution in [3.05, 3.63) is 57.7 Å². The molecule has 0 fully saturated rings. The Morgan fingerprint density at radius 2 is 1.86 bits per heavy atom. The quantitative estimate of drug-likeness (QED) is 0.633. The largest absolute Gasteiger partial charge is 0.288 e. The van der Waals surface area contributed by atoms with Crippen LogP contribution in [0.15, 0.2) is 18.3 Å². The minimum absolute atomic E-state index is 0.119. The Morgan fingerprint density at radius 1 is 1.05 bits per heavy atom. The SMILES string of the molecule is Cc1ccnc2c1C(=O)c1cc3c(nc1C2=O)CCCC3. The second kappa shape index (κ2) is 4.32. The summed E-state index contributed by atoms with van der Waals surface area (Å²) in [6.45, 7) is 1.84. The standard InChI is InChI=1S/C17H14N2O2/c1-9-6-7-18-15-13(9)16(20)11-8-10-4-2-3-5-12(10)19-14(11)17(15)21/h6-8H,2-5H2,1H3. The van der Waals surface area contributed by atoms with Crippen LogP contribution in [0.2, 0.25) is 0 Å². The Kier molecular flexibility index (Phi) is 2.55. The monoisotopic (exact) mass is 278 g/mol. The van der Waals surface area contributed by atoms with Crippen molar-refractivity contribution in [1.29, 1.82) is 0 Å². The van der Waals surface area contributed by atoms with Gasteiger partial charge in [0.15, 0.2) is 5.78 Å². The molecule has 2 aliphatic rings. The van der Waals surface area contributed by atoms with Gasteiger partial charge in [0.25, 0.3) is 0 Å². The third-order valence-electron chi connectivity index (χ3n) is 4.36. The smallest absolute Gasteiger partial charge is 0.231 e. The molecule has 0 unspecified atom stereocenters. The number of hydrogen-bond donors (Lipinski definition) is 0. The van der Waals surface area contributed by atoms with Gasteiger partial charge in [-0.05, 0) is 55.9 Å². The highest BCUT2D eigenvalue weighted by molar-refractivity contribution is 6.27. The second-order valence-corrected chi connectivity index (χ2v) is 5.71. The highest BCUT2D eigenvalue weighted by Gasteiger charge is 2.34. The lowest BCUT2D eigenvalue weighted by molar-refractivity contribution is 0.0970. The molecule has 0 radical (unpaired) electrons. The van der Waals surface area contributed by atoms with E-state index in [0.29, 0.717) is 11.1 Å². The first-order valence-electron chi connectivity index (χ1n) is 7.24. The molecule has 4 nitrogen and oxygen atoms in total. The van der Waals surface area contributed by atoms with Crippen molar-refractivity contribution in [3.8, 4) is 0 Å². The summed E-state index contributed by atoms with van der Waals surface area (Å²) in [5, 5.41) is 0. The maximum Gasteiger partial charge on any atom is 0.231 e. The first-order valence-corrected chi connectivity index (χ1v) is 7.24. The number of ketones is 2. The topological polar surface area (TPSA) is 59.9 Å². The molecule has 0 aromatic carbocycles. The molecule has 0 saturated heterocycles. The first kappa shape index (κ1) is 12.4. The number of carbonyl (C=O) groups is 2. The summed E-state index contributed by atoms with van der Waals surface area (Å²) >= 11 is 0. The van der Waals surface area contributed by atoms with Gasteiger partial charge < -0.3 is 0 Å². The zero-order valence-corrected chi connectivity index (χ0v) is 11.8. The van der Waals surface area contributed by atoms with Gasteiger partial charge in [0.05, 0.1) is 11.1 Å². The number of hydrogen-bond acceptors (Lipinski definition) is 4. The first-order chi connectivity index (χ1) is 10.2. The van der Waals surface area contributed by atoms with Gasteiger partial charge in [-0.15, -0.1) is 0 Å². The highest BCUT2D eigenvalue weighted by Crippen LogP contribution is 2.30. The van der Waals surface area contributed by atoms with E-state index in [4.69, 9.17) is 0 Å². The normalized spacial score (nSPS) is 16.2. The predicted molar refractivity (Wildman–Crippen MR) is 76.7 cm³/mol. The minimum atomic E-state index is -0.225. The van der Waals surface area contributed by atoms with Gasteiger partial charge in [-0.25, -0.2) is 4.98 Å². The summed E-state index contributed by atoms with van der Waals surface area (Å²) in [7, 11) is 0. The van der Waals surface area contributed by atoms with Crippen molar-refractivity contribution >= 4 is 11.6 Å². The molecule has 21 heavy (non-hydrogen) atoms. The Morgan fingerprint density at radius 3 is 2.71 bits per heavy atom. The van der Waals surface area contributed by atoms with Crippen LogP contribution >= 0.6 is 0 Å². The minimum Gasteiger partial charge on any atom is -0.288 e. The van der Waals surface area contributed by atoms with Gasteiger partial charge in [-0.3, -0.25) is 14.6 Å². The van der Waals surface area contributed by atoms with Gasteiger partial charge in [-0.1, -0.05) is 0 Å². The number of aromatic nitrogens is 2. The van der Waals surface area contributed by atoms with Crippen molar-refractivity contribution in [2.75, 3.05) is 0 Å². The van der Waals surface area contributed by atoms with E-state index in [-0.39, 0.29) is 23.0 Å². The third kappa shape index (κ3) is 1.68.